The van der Waals surface area contributed by atoms with Gasteiger partial charge in [-0.15, -0.1) is 0 Å². The first-order valence-electron chi connectivity index (χ1n) is 11.0. The second-order valence-corrected chi connectivity index (χ2v) is 9.88. The smallest absolute Gasteiger partial charge is 0.314 e. The molecular weight excluding hydrogens is 376 g/mol. The third-order valence-electron chi connectivity index (χ3n) is 7.98. The van der Waals surface area contributed by atoms with Gasteiger partial charge >= 0.3 is 5.97 Å². The molecule has 0 amide bonds. The molecule has 0 unspecified atom stereocenters. The average Bonchev–Trinajstić information content (AvgIpc) is 2.97. The van der Waals surface area contributed by atoms with E-state index < -0.39 is 41.0 Å². The number of aliphatic hydroxyl groups excluding tert-OH is 1. The Kier molecular flexibility index (Phi) is 5.13. The van der Waals surface area contributed by atoms with Gasteiger partial charge in [-0.05, 0) is 32.6 Å². The summed E-state index contributed by atoms with van der Waals surface area (Å²) in [4.78, 5) is 25.6. The fourth-order valence-electron chi connectivity index (χ4n) is 6.45. The number of fused-ring (bicyclic) bond motifs is 3. The Morgan fingerprint density at radius 2 is 1.93 bits per heavy atom. The minimum Gasteiger partial charge on any atom is -0.433 e. The molecule has 5 aliphatic rings. The van der Waals surface area contributed by atoms with E-state index in [1.165, 1.54) is 0 Å². The van der Waals surface area contributed by atoms with Crippen molar-refractivity contribution < 1.29 is 33.6 Å². The second-order valence-electron chi connectivity index (χ2n) is 9.88. The van der Waals surface area contributed by atoms with E-state index in [4.69, 9.17) is 18.9 Å². The molecule has 29 heavy (non-hydrogen) atoms. The van der Waals surface area contributed by atoms with E-state index in [9.17, 15) is 14.7 Å². The third-order valence-corrected chi connectivity index (χ3v) is 7.98. The molecule has 5 rings (SSSR count). The van der Waals surface area contributed by atoms with Crippen molar-refractivity contribution in [2.45, 2.75) is 97.1 Å². The lowest BCUT2D eigenvalue weighted by Gasteiger charge is -2.68. The summed E-state index contributed by atoms with van der Waals surface area (Å²) < 4.78 is 24.2. The number of carbonyl (C=O) groups excluding carboxylic acids is 2. The van der Waals surface area contributed by atoms with Gasteiger partial charge in [0.1, 0.15) is 12.2 Å². The summed E-state index contributed by atoms with van der Waals surface area (Å²) in [6.45, 7) is 10.3. The van der Waals surface area contributed by atoms with Crippen LogP contribution in [0.5, 0.6) is 0 Å². The topological polar surface area (TPSA) is 91.3 Å². The molecular formula is C22H34O7. The first-order chi connectivity index (χ1) is 13.6. The molecule has 8 atom stereocenters. The summed E-state index contributed by atoms with van der Waals surface area (Å²) in [7, 11) is 0. The van der Waals surface area contributed by atoms with Crippen molar-refractivity contribution in [3.05, 3.63) is 0 Å². The Hall–Kier alpha value is -1.02. The van der Waals surface area contributed by atoms with Gasteiger partial charge < -0.3 is 24.1 Å². The number of hydrogen-bond donors (Lipinski definition) is 1. The highest BCUT2D eigenvalue weighted by Gasteiger charge is 2.72. The molecule has 1 aliphatic carbocycles. The average molecular weight is 411 g/mol. The van der Waals surface area contributed by atoms with Crippen molar-refractivity contribution >= 4 is 11.8 Å². The number of ether oxygens (including phenoxy) is 4. The monoisotopic (exact) mass is 410 g/mol. The highest BCUT2D eigenvalue weighted by molar-refractivity contribution is 5.87. The number of cyclic esters (lactones) is 1. The highest BCUT2D eigenvalue weighted by Crippen LogP contribution is 2.67. The van der Waals surface area contributed by atoms with Gasteiger partial charge in [0.15, 0.2) is 11.6 Å². The van der Waals surface area contributed by atoms with E-state index in [1.54, 1.807) is 0 Å². The predicted octanol–water partition coefficient (Wildman–Crippen LogP) is 2.58. The summed E-state index contributed by atoms with van der Waals surface area (Å²) in [6, 6.07) is 0. The van der Waals surface area contributed by atoms with Crippen LogP contribution in [0.4, 0.5) is 0 Å². The van der Waals surface area contributed by atoms with E-state index in [2.05, 4.69) is 20.8 Å². The molecule has 4 aliphatic heterocycles. The maximum Gasteiger partial charge on any atom is 0.314 e. The fraction of sp³-hybridized carbons (Fsp3) is 0.909. The van der Waals surface area contributed by atoms with Crippen LogP contribution in [0, 0.1) is 22.7 Å². The van der Waals surface area contributed by atoms with Gasteiger partial charge in [-0.2, -0.15) is 0 Å². The molecule has 0 radical (unpaired) electrons. The van der Waals surface area contributed by atoms with E-state index in [0.29, 0.717) is 25.9 Å². The molecule has 0 aromatic heterocycles. The van der Waals surface area contributed by atoms with Crippen LogP contribution in [-0.2, 0) is 28.5 Å². The Morgan fingerprint density at radius 3 is 2.59 bits per heavy atom. The van der Waals surface area contributed by atoms with Crippen LogP contribution >= 0.6 is 0 Å². The van der Waals surface area contributed by atoms with Crippen molar-refractivity contribution in [2.75, 3.05) is 6.61 Å². The molecule has 5 fully saturated rings. The van der Waals surface area contributed by atoms with E-state index >= 15 is 0 Å². The van der Waals surface area contributed by atoms with E-state index in [0.717, 1.165) is 12.8 Å². The van der Waals surface area contributed by atoms with E-state index in [1.807, 2.05) is 13.8 Å². The van der Waals surface area contributed by atoms with Crippen molar-refractivity contribution in [1.29, 1.82) is 0 Å². The lowest BCUT2D eigenvalue weighted by molar-refractivity contribution is -0.429. The summed E-state index contributed by atoms with van der Waals surface area (Å²) >= 11 is 0. The number of esters is 1. The molecule has 2 bridgehead atoms. The van der Waals surface area contributed by atoms with Gasteiger partial charge in [0.25, 0.3) is 0 Å². The molecule has 1 N–H and O–H groups in total. The molecule has 7 heteroatoms. The molecule has 164 valence electrons. The lowest BCUT2D eigenvalue weighted by atomic mass is 9.47. The second kappa shape index (κ2) is 7.01. The molecule has 0 aromatic rings. The number of Topliss-reactive ketones (excluding diaryl/α,β-unsaturated/α-hetero) is 1. The Bertz CT molecular complexity index is 691. The number of hydrogen-bond acceptors (Lipinski definition) is 7. The van der Waals surface area contributed by atoms with Crippen molar-refractivity contribution in [1.82, 2.24) is 0 Å². The molecule has 4 saturated heterocycles. The van der Waals surface area contributed by atoms with Crippen LogP contribution in [0.15, 0.2) is 0 Å². The summed E-state index contributed by atoms with van der Waals surface area (Å²) in [6.07, 6.45) is 0.690. The van der Waals surface area contributed by atoms with Gasteiger partial charge in [0, 0.05) is 29.8 Å². The molecule has 7 nitrogen and oxygen atoms in total. The van der Waals surface area contributed by atoms with Crippen LogP contribution in [0.3, 0.4) is 0 Å². The SMILES string of the molecule is CCO[C@@H]1OC(=O)[C@H]2CC[C@@]3(O[C@@H]12)O[C@@H]1CC[C@@]3(C)[C@@H](C(=O)[C@H](O)CC)C1(C)C. The summed E-state index contributed by atoms with van der Waals surface area (Å²) in [5, 5.41) is 10.4. The Balaban J connectivity index is 1.71. The minimum atomic E-state index is -0.989. The van der Waals surface area contributed by atoms with Gasteiger partial charge in [-0.25, -0.2) is 0 Å². The van der Waals surface area contributed by atoms with Crippen LogP contribution in [0.2, 0.25) is 0 Å². The zero-order valence-corrected chi connectivity index (χ0v) is 18.1. The highest BCUT2D eigenvalue weighted by atomic mass is 16.8. The van der Waals surface area contributed by atoms with Crippen molar-refractivity contribution in [3.63, 3.8) is 0 Å². The van der Waals surface area contributed by atoms with Crippen molar-refractivity contribution in [3.8, 4) is 0 Å². The van der Waals surface area contributed by atoms with Crippen LogP contribution in [0.25, 0.3) is 0 Å². The predicted molar refractivity (Wildman–Crippen MR) is 103 cm³/mol. The standard InChI is InChI=1S/C22H34O7/c1-6-13(23)15(24)17-20(3,4)14-9-10-21(17,5)22(28-14)11-8-12-16(29-22)19(26-7-2)27-18(12)25/h12-14,16-17,19,23H,6-11H2,1-5H3/t12-,13+,14+,16+,17-,19+,21-,22-/m0/s1. The zero-order valence-electron chi connectivity index (χ0n) is 18.1. The number of aliphatic hydroxyl groups is 1. The van der Waals surface area contributed by atoms with Gasteiger partial charge in [-0.3, -0.25) is 9.59 Å². The Labute approximate surface area is 172 Å². The number of carbonyl (C=O) groups is 2. The Morgan fingerprint density at radius 1 is 1.21 bits per heavy atom. The number of ketones is 1. The zero-order chi connectivity index (χ0) is 21.2. The largest absolute Gasteiger partial charge is 0.433 e. The van der Waals surface area contributed by atoms with Crippen LogP contribution in [-0.4, -0.2) is 53.9 Å². The van der Waals surface area contributed by atoms with Gasteiger partial charge in [0.05, 0.1) is 12.0 Å². The quantitative estimate of drug-likeness (QED) is 0.697. The first kappa shape index (κ1) is 21.2. The van der Waals surface area contributed by atoms with Gasteiger partial charge in [0.2, 0.25) is 6.29 Å². The normalized spacial score (nSPS) is 46.4. The van der Waals surface area contributed by atoms with Crippen LogP contribution < -0.4 is 0 Å². The molecule has 1 saturated carbocycles. The lowest BCUT2D eigenvalue weighted by Crippen LogP contribution is -2.73. The fourth-order valence-corrected chi connectivity index (χ4v) is 6.45. The number of rotatable bonds is 5. The van der Waals surface area contributed by atoms with Crippen LogP contribution in [0.1, 0.15) is 66.7 Å². The first-order valence-corrected chi connectivity index (χ1v) is 11.0. The third kappa shape index (κ3) is 2.84. The maximum atomic E-state index is 13.3. The summed E-state index contributed by atoms with van der Waals surface area (Å²) in [5.74, 6) is -2.16. The maximum absolute atomic E-state index is 13.3. The van der Waals surface area contributed by atoms with Crippen molar-refractivity contribution in [2.24, 2.45) is 22.7 Å². The molecule has 1 spiro atoms. The van der Waals surface area contributed by atoms with Gasteiger partial charge in [-0.1, -0.05) is 27.7 Å². The molecule has 4 heterocycles. The summed E-state index contributed by atoms with van der Waals surface area (Å²) in [5.41, 5.74) is -1.02. The molecule has 0 aromatic carbocycles. The minimum absolute atomic E-state index is 0.127. The van der Waals surface area contributed by atoms with E-state index in [-0.39, 0.29) is 23.8 Å².